The minimum absolute atomic E-state index is 0.00185. The molecule has 1 aliphatic heterocycles. The van der Waals surface area contributed by atoms with E-state index in [1.807, 2.05) is 13.8 Å². The average molecular weight is 414 g/mol. The highest BCUT2D eigenvalue weighted by atomic mass is 32.2. The Morgan fingerprint density at radius 3 is 2.46 bits per heavy atom. The standard InChI is InChI=1S/C19H28FN3O4S/c1-13(2)11-17(19(25)21-3)22-18(24)14-5-4-10-23(12-14)28(26,27)16-8-6-15(20)7-9-16/h6-9,13-14,17H,4-5,10-12H2,1-3H3,(H,21,25)(H,22,24). The van der Waals surface area contributed by atoms with E-state index in [1.54, 1.807) is 0 Å². The summed E-state index contributed by atoms with van der Waals surface area (Å²) >= 11 is 0. The van der Waals surface area contributed by atoms with Crippen LogP contribution in [0.2, 0.25) is 0 Å². The molecule has 1 saturated heterocycles. The number of carbonyl (C=O) groups excluding carboxylic acids is 2. The highest BCUT2D eigenvalue weighted by Gasteiger charge is 2.34. The summed E-state index contributed by atoms with van der Waals surface area (Å²) in [6.07, 6.45) is 1.58. The fraction of sp³-hybridized carbons (Fsp3) is 0.579. The largest absolute Gasteiger partial charge is 0.357 e. The van der Waals surface area contributed by atoms with E-state index < -0.39 is 27.8 Å². The number of carbonyl (C=O) groups is 2. The van der Waals surface area contributed by atoms with E-state index in [1.165, 1.54) is 23.5 Å². The molecule has 1 aliphatic rings. The zero-order chi connectivity index (χ0) is 20.9. The molecule has 2 amide bonds. The second-order valence-corrected chi connectivity index (χ2v) is 9.40. The summed E-state index contributed by atoms with van der Waals surface area (Å²) in [7, 11) is -2.29. The molecule has 1 aromatic carbocycles. The topological polar surface area (TPSA) is 95.6 Å². The van der Waals surface area contributed by atoms with Gasteiger partial charge in [0.1, 0.15) is 11.9 Å². The summed E-state index contributed by atoms with van der Waals surface area (Å²) in [4.78, 5) is 24.7. The van der Waals surface area contributed by atoms with Crippen molar-refractivity contribution in [1.82, 2.24) is 14.9 Å². The molecule has 2 rings (SSSR count). The van der Waals surface area contributed by atoms with Gasteiger partial charge in [-0.2, -0.15) is 4.31 Å². The van der Waals surface area contributed by atoms with Gasteiger partial charge in [0, 0.05) is 20.1 Å². The van der Waals surface area contributed by atoms with Crippen LogP contribution in [-0.2, 0) is 19.6 Å². The minimum atomic E-state index is -3.81. The molecule has 2 N–H and O–H groups in total. The number of benzene rings is 1. The molecular weight excluding hydrogens is 385 g/mol. The first-order chi connectivity index (χ1) is 13.1. The number of amides is 2. The third-order valence-corrected chi connectivity index (χ3v) is 6.67. The summed E-state index contributed by atoms with van der Waals surface area (Å²) in [6.45, 7) is 4.25. The second-order valence-electron chi connectivity index (χ2n) is 7.46. The first-order valence-electron chi connectivity index (χ1n) is 9.42. The lowest BCUT2D eigenvalue weighted by molar-refractivity contribution is -0.132. The summed E-state index contributed by atoms with van der Waals surface area (Å²) in [5.74, 6) is -1.44. The van der Waals surface area contributed by atoms with Crippen LogP contribution in [0.3, 0.4) is 0 Å². The Balaban J connectivity index is 2.10. The smallest absolute Gasteiger partial charge is 0.243 e. The minimum Gasteiger partial charge on any atom is -0.357 e. The van der Waals surface area contributed by atoms with Crippen molar-refractivity contribution in [3.8, 4) is 0 Å². The third-order valence-electron chi connectivity index (χ3n) is 4.79. The Labute approximate surface area is 165 Å². The van der Waals surface area contributed by atoms with E-state index in [0.29, 0.717) is 25.8 Å². The van der Waals surface area contributed by atoms with E-state index in [-0.39, 0.29) is 29.2 Å². The van der Waals surface area contributed by atoms with Crippen LogP contribution < -0.4 is 10.6 Å². The molecule has 2 unspecified atom stereocenters. The molecule has 0 aromatic heterocycles. The molecule has 0 aliphatic carbocycles. The van der Waals surface area contributed by atoms with Crippen LogP contribution in [0.15, 0.2) is 29.2 Å². The third kappa shape index (κ3) is 5.51. The first kappa shape index (κ1) is 22.3. The molecule has 1 fully saturated rings. The lowest BCUT2D eigenvalue weighted by Crippen LogP contribution is -2.51. The quantitative estimate of drug-likeness (QED) is 0.708. The molecular formula is C19H28FN3O4S. The predicted octanol–water partition coefficient (Wildman–Crippen LogP) is 1.50. The molecule has 156 valence electrons. The molecule has 0 radical (unpaired) electrons. The van der Waals surface area contributed by atoms with Crippen molar-refractivity contribution < 1.29 is 22.4 Å². The fourth-order valence-corrected chi connectivity index (χ4v) is 4.82. The number of sulfonamides is 1. The fourth-order valence-electron chi connectivity index (χ4n) is 3.30. The molecule has 0 saturated carbocycles. The normalized spacial score (nSPS) is 19.2. The van der Waals surface area contributed by atoms with Crippen molar-refractivity contribution in [2.45, 2.75) is 44.0 Å². The number of nitrogens with zero attached hydrogens (tertiary/aromatic N) is 1. The van der Waals surface area contributed by atoms with Gasteiger partial charge in [0.15, 0.2) is 0 Å². The highest BCUT2D eigenvalue weighted by Crippen LogP contribution is 2.24. The van der Waals surface area contributed by atoms with E-state index in [9.17, 15) is 22.4 Å². The van der Waals surface area contributed by atoms with Crippen LogP contribution in [-0.4, -0.2) is 50.7 Å². The Morgan fingerprint density at radius 2 is 1.89 bits per heavy atom. The molecule has 1 aromatic rings. The highest BCUT2D eigenvalue weighted by molar-refractivity contribution is 7.89. The maximum Gasteiger partial charge on any atom is 0.243 e. The lowest BCUT2D eigenvalue weighted by Gasteiger charge is -2.32. The van der Waals surface area contributed by atoms with Gasteiger partial charge in [0.05, 0.1) is 10.8 Å². The molecule has 7 nitrogen and oxygen atoms in total. The summed E-state index contributed by atoms with van der Waals surface area (Å²) in [5, 5.41) is 5.31. The van der Waals surface area contributed by atoms with Crippen molar-refractivity contribution in [3.63, 3.8) is 0 Å². The van der Waals surface area contributed by atoms with Crippen LogP contribution in [0, 0.1) is 17.7 Å². The monoisotopic (exact) mass is 413 g/mol. The number of nitrogens with one attached hydrogen (secondary N) is 2. The molecule has 28 heavy (non-hydrogen) atoms. The van der Waals surface area contributed by atoms with Gasteiger partial charge in [-0.25, -0.2) is 12.8 Å². The molecule has 2 atom stereocenters. The molecule has 0 spiro atoms. The van der Waals surface area contributed by atoms with Crippen molar-refractivity contribution >= 4 is 21.8 Å². The van der Waals surface area contributed by atoms with E-state index in [2.05, 4.69) is 10.6 Å². The van der Waals surface area contributed by atoms with Gasteiger partial charge in [-0.05, 0) is 49.4 Å². The zero-order valence-electron chi connectivity index (χ0n) is 16.4. The SMILES string of the molecule is CNC(=O)C(CC(C)C)NC(=O)C1CCCN(S(=O)(=O)c2ccc(F)cc2)C1. The van der Waals surface area contributed by atoms with Crippen LogP contribution in [0.25, 0.3) is 0 Å². The number of hydrogen-bond acceptors (Lipinski definition) is 4. The Hall–Kier alpha value is -2.00. The average Bonchev–Trinajstić information content (AvgIpc) is 2.66. The predicted molar refractivity (Wildman–Crippen MR) is 103 cm³/mol. The van der Waals surface area contributed by atoms with E-state index in [4.69, 9.17) is 0 Å². The maximum absolute atomic E-state index is 13.1. The molecule has 0 bridgehead atoms. The number of rotatable bonds is 7. The number of halogens is 1. The van der Waals surface area contributed by atoms with Gasteiger partial charge < -0.3 is 10.6 Å². The van der Waals surface area contributed by atoms with Crippen LogP contribution in [0.1, 0.15) is 33.1 Å². The van der Waals surface area contributed by atoms with Crippen molar-refractivity contribution in [3.05, 3.63) is 30.1 Å². The summed E-state index contributed by atoms with van der Waals surface area (Å²) in [6, 6.07) is 3.99. The van der Waals surface area contributed by atoms with Gasteiger partial charge in [-0.15, -0.1) is 0 Å². The van der Waals surface area contributed by atoms with Crippen molar-refractivity contribution in [1.29, 1.82) is 0 Å². The Bertz CT molecular complexity index is 796. The van der Waals surface area contributed by atoms with Crippen molar-refractivity contribution in [2.24, 2.45) is 11.8 Å². The van der Waals surface area contributed by atoms with Crippen LogP contribution in [0.5, 0.6) is 0 Å². The number of likely N-dealkylation sites (N-methyl/N-ethyl adjacent to an activating group) is 1. The maximum atomic E-state index is 13.1. The van der Waals surface area contributed by atoms with Gasteiger partial charge >= 0.3 is 0 Å². The second kappa shape index (κ2) is 9.47. The van der Waals surface area contributed by atoms with Gasteiger partial charge in [0.2, 0.25) is 21.8 Å². The van der Waals surface area contributed by atoms with Crippen LogP contribution in [0.4, 0.5) is 4.39 Å². The summed E-state index contributed by atoms with van der Waals surface area (Å²) in [5.41, 5.74) is 0. The molecule has 9 heteroatoms. The van der Waals surface area contributed by atoms with Crippen molar-refractivity contribution in [2.75, 3.05) is 20.1 Å². The lowest BCUT2D eigenvalue weighted by atomic mass is 9.97. The van der Waals surface area contributed by atoms with Gasteiger partial charge in [-0.1, -0.05) is 13.8 Å². The van der Waals surface area contributed by atoms with E-state index in [0.717, 1.165) is 12.1 Å². The first-order valence-corrected chi connectivity index (χ1v) is 10.9. The Kier molecular flexibility index (Phi) is 7.54. The molecule has 1 heterocycles. The zero-order valence-corrected chi connectivity index (χ0v) is 17.3. The summed E-state index contributed by atoms with van der Waals surface area (Å²) < 4.78 is 39.9. The number of piperidine rings is 1. The van der Waals surface area contributed by atoms with Gasteiger partial charge in [0.25, 0.3) is 0 Å². The van der Waals surface area contributed by atoms with E-state index >= 15 is 0 Å². The van der Waals surface area contributed by atoms with Crippen LogP contribution >= 0.6 is 0 Å². The Morgan fingerprint density at radius 1 is 1.25 bits per heavy atom. The van der Waals surface area contributed by atoms with Gasteiger partial charge in [-0.3, -0.25) is 9.59 Å². The number of hydrogen-bond donors (Lipinski definition) is 2.